The number of nitrogens with zero attached hydrogens (tertiary/aromatic N) is 1. The molecule has 1 saturated heterocycles. The summed E-state index contributed by atoms with van der Waals surface area (Å²) >= 11 is 2.18. The number of hydrogen-bond donors (Lipinski definition) is 1. The molecule has 0 aliphatic carbocycles. The van der Waals surface area contributed by atoms with E-state index < -0.39 is 11.9 Å². The Morgan fingerprint density at radius 2 is 1.96 bits per heavy atom. The fourth-order valence-corrected chi connectivity index (χ4v) is 2.52. The van der Waals surface area contributed by atoms with E-state index >= 15 is 0 Å². The Balaban J connectivity index is 1.67. The first-order valence-electron chi connectivity index (χ1n) is 7.23. The van der Waals surface area contributed by atoms with E-state index in [9.17, 15) is 13.2 Å². The van der Waals surface area contributed by atoms with Gasteiger partial charge in [-0.05, 0) is 46.9 Å². The van der Waals surface area contributed by atoms with Crippen molar-refractivity contribution < 1.29 is 22.6 Å². The smallest absolute Gasteiger partial charge is 0.433 e. The molecule has 1 N–H and O–H groups in total. The van der Waals surface area contributed by atoms with Gasteiger partial charge in [0.25, 0.3) is 0 Å². The molecule has 1 aromatic heterocycles. The van der Waals surface area contributed by atoms with E-state index in [1.807, 2.05) is 12.1 Å². The highest BCUT2D eigenvalue weighted by atomic mass is 127. The summed E-state index contributed by atoms with van der Waals surface area (Å²) in [5, 5.41) is 3.12. The molecule has 0 amide bonds. The standard InChI is InChI=1S/C16H14F3IN2O2/c17-16(18,19)15-4-1-10(6-22-15)9-23-13-3-2-11(20)5-14(13)24-12-7-21-8-12/h1-6,12,21H,7-9H2. The van der Waals surface area contributed by atoms with Crippen LogP contribution in [0.5, 0.6) is 11.5 Å². The summed E-state index contributed by atoms with van der Waals surface area (Å²) in [6, 6.07) is 7.86. The number of ether oxygens (including phenoxy) is 2. The second-order valence-corrected chi connectivity index (χ2v) is 6.57. The summed E-state index contributed by atoms with van der Waals surface area (Å²) in [5.41, 5.74) is -0.361. The van der Waals surface area contributed by atoms with Gasteiger partial charge in [0, 0.05) is 28.4 Å². The predicted octanol–water partition coefficient (Wildman–Crippen LogP) is 3.63. The Labute approximate surface area is 150 Å². The lowest BCUT2D eigenvalue weighted by atomic mass is 10.2. The van der Waals surface area contributed by atoms with Crippen LogP contribution in [-0.2, 0) is 12.8 Å². The SMILES string of the molecule is FC(F)(F)c1ccc(COc2ccc(I)cc2OC2CNC2)cn1. The fraction of sp³-hybridized carbons (Fsp3) is 0.312. The molecular weight excluding hydrogens is 436 g/mol. The minimum Gasteiger partial charge on any atom is -0.485 e. The molecule has 1 aliphatic heterocycles. The maximum Gasteiger partial charge on any atom is 0.433 e. The van der Waals surface area contributed by atoms with Crippen LogP contribution in [-0.4, -0.2) is 24.2 Å². The average molecular weight is 450 g/mol. The summed E-state index contributed by atoms with van der Waals surface area (Å²) in [4.78, 5) is 3.42. The number of halogens is 4. The van der Waals surface area contributed by atoms with Gasteiger partial charge in [0.2, 0.25) is 0 Å². The van der Waals surface area contributed by atoms with Crippen LogP contribution in [0.15, 0.2) is 36.5 Å². The Kier molecular flexibility index (Phi) is 5.14. The van der Waals surface area contributed by atoms with Crippen LogP contribution in [0.1, 0.15) is 11.3 Å². The van der Waals surface area contributed by atoms with Gasteiger partial charge in [-0.3, -0.25) is 4.98 Å². The number of nitrogens with one attached hydrogen (secondary N) is 1. The molecule has 4 nitrogen and oxygen atoms in total. The summed E-state index contributed by atoms with van der Waals surface area (Å²) in [6.07, 6.45) is -3.16. The molecule has 0 unspecified atom stereocenters. The second kappa shape index (κ2) is 7.14. The summed E-state index contributed by atoms with van der Waals surface area (Å²) in [7, 11) is 0. The largest absolute Gasteiger partial charge is 0.485 e. The monoisotopic (exact) mass is 450 g/mol. The van der Waals surface area contributed by atoms with Crippen molar-refractivity contribution in [2.75, 3.05) is 13.1 Å². The van der Waals surface area contributed by atoms with E-state index in [0.717, 1.165) is 22.7 Å². The molecule has 8 heteroatoms. The lowest BCUT2D eigenvalue weighted by Crippen LogP contribution is -2.50. The van der Waals surface area contributed by atoms with E-state index in [4.69, 9.17) is 9.47 Å². The van der Waals surface area contributed by atoms with Crippen molar-refractivity contribution in [1.82, 2.24) is 10.3 Å². The molecule has 3 rings (SSSR count). The van der Waals surface area contributed by atoms with E-state index in [-0.39, 0.29) is 12.7 Å². The summed E-state index contributed by atoms with van der Waals surface area (Å²) < 4.78 is 50.1. The molecule has 0 saturated carbocycles. The van der Waals surface area contributed by atoms with Gasteiger partial charge in [-0.25, -0.2) is 0 Å². The third-order valence-electron chi connectivity index (χ3n) is 3.45. The molecule has 1 aromatic carbocycles. The molecule has 2 heterocycles. The highest BCUT2D eigenvalue weighted by Gasteiger charge is 2.32. The number of pyridine rings is 1. The van der Waals surface area contributed by atoms with Gasteiger partial charge in [0.15, 0.2) is 11.5 Å². The van der Waals surface area contributed by atoms with Gasteiger partial charge >= 0.3 is 6.18 Å². The zero-order chi connectivity index (χ0) is 17.2. The van der Waals surface area contributed by atoms with Crippen molar-refractivity contribution in [3.8, 4) is 11.5 Å². The van der Waals surface area contributed by atoms with Crippen LogP contribution in [0.3, 0.4) is 0 Å². The van der Waals surface area contributed by atoms with Crippen LogP contribution in [0.4, 0.5) is 13.2 Å². The van der Waals surface area contributed by atoms with Crippen LogP contribution in [0, 0.1) is 3.57 Å². The molecular formula is C16H14F3IN2O2. The number of aromatic nitrogens is 1. The molecule has 0 spiro atoms. The summed E-state index contributed by atoms with van der Waals surface area (Å²) in [5.74, 6) is 1.19. The molecule has 1 fully saturated rings. The third kappa shape index (κ3) is 4.29. The normalized spacial score (nSPS) is 15.0. The fourth-order valence-electron chi connectivity index (χ4n) is 2.06. The van der Waals surface area contributed by atoms with Crippen molar-refractivity contribution in [3.05, 3.63) is 51.4 Å². The first kappa shape index (κ1) is 17.3. The van der Waals surface area contributed by atoms with Crippen LogP contribution < -0.4 is 14.8 Å². The maximum absolute atomic E-state index is 12.5. The lowest BCUT2D eigenvalue weighted by Gasteiger charge is -2.28. The predicted molar refractivity (Wildman–Crippen MR) is 90.0 cm³/mol. The highest BCUT2D eigenvalue weighted by Crippen LogP contribution is 2.31. The zero-order valence-electron chi connectivity index (χ0n) is 12.4. The number of rotatable bonds is 5. The number of hydrogen-bond acceptors (Lipinski definition) is 4. The highest BCUT2D eigenvalue weighted by molar-refractivity contribution is 14.1. The Morgan fingerprint density at radius 1 is 1.17 bits per heavy atom. The Morgan fingerprint density at radius 3 is 2.54 bits per heavy atom. The lowest BCUT2D eigenvalue weighted by molar-refractivity contribution is -0.141. The van der Waals surface area contributed by atoms with Gasteiger partial charge in [0.05, 0.1) is 0 Å². The van der Waals surface area contributed by atoms with E-state index in [0.29, 0.717) is 17.1 Å². The Hall–Kier alpha value is -1.55. The van der Waals surface area contributed by atoms with Crippen molar-refractivity contribution in [2.45, 2.75) is 18.9 Å². The van der Waals surface area contributed by atoms with Gasteiger partial charge in [0.1, 0.15) is 18.4 Å². The summed E-state index contributed by atoms with van der Waals surface area (Å²) in [6.45, 7) is 1.69. The average Bonchev–Trinajstić information content (AvgIpc) is 2.49. The van der Waals surface area contributed by atoms with Crippen LogP contribution in [0.2, 0.25) is 0 Å². The molecule has 0 bridgehead atoms. The van der Waals surface area contributed by atoms with Crippen molar-refractivity contribution in [2.24, 2.45) is 0 Å². The van der Waals surface area contributed by atoms with Crippen LogP contribution in [0.25, 0.3) is 0 Å². The van der Waals surface area contributed by atoms with Gasteiger partial charge in [-0.15, -0.1) is 0 Å². The number of benzene rings is 1. The molecule has 1 aliphatic rings. The topological polar surface area (TPSA) is 43.4 Å². The van der Waals surface area contributed by atoms with Crippen molar-refractivity contribution in [3.63, 3.8) is 0 Å². The second-order valence-electron chi connectivity index (χ2n) is 5.33. The molecule has 2 aromatic rings. The molecule has 128 valence electrons. The van der Waals surface area contributed by atoms with E-state index in [2.05, 4.69) is 32.9 Å². The third-order valence-corrected chi connectivity index (χ3v) is 4.12. The van der Waals surface area contributed by atoms with E-state index in [1.165, 1.54) is 12.3 Å². The zero-order valence-corrected chi connectivity index (χ0v) is 14.6. The maximum atomic E-state index is 12.5. The van der Waals surface area contributed by atoms with Crippen molar-refractivity contribution in [1.29, 1.82) is 0 Å². The van der Waals surface area contributed by atoms with Gasteiger partial charge in [-0.1, -0.05) is 6.07 Å². The molecule has 24 heavy (non-hydrogen) atoms. The first-order valence-corrected chi connectivity index (χ1v) is 8.31. The van der Waals surface area contributed by atoms with Crippen molar-refractivity contribution >= 4 is 22.6 Å². The first-order chi connectivity index (χ1) is 11.4. The van der Waals surface area contributed by atoms with Gasteiger partial charge in [-0.2, -0.15) is 13.2 Å². The quantitative estimate of drug-likeness (QED) is 0.707. The van der Waals surface area contributed by atoms with E-state index in [1.54, 1.807) is 6.07 Å². The molecule has 0 atom stereocenters. The minimum atomic E-state index is -4.44. The molecule has 0 radical (unpaired) electrons. The van der Waals surface area contributed by atoms with Gasteiger partial charge < -0.3 is 14.8 Å². The minimum absolute atomic E-state index is 0.110. The number of alkyl halides is 3. The Bertz CT molecular complexity index is 703. The van der Waals surface area contributed by atoms with Crippen LogP contribution >= 0.6 is 22.6 Å².